The molecule has 0 saturated heterocycles. The van der Waals surface area contributed by atoms with Gasteiger partial charge in [0.15, 0.2) is 5.17 Å². The largest absolute Gasteiger partial charge is 0.338 e. The number of carbonyl (C=O) groups excluding carboxylic acids is 2. The minimum absolute atomic E-state index is 0.124. The maximum Gasteiger partial charge on any atom is 0.255 e. The zero-order valence-electron chi connectivity index (χ0n) is 18.1. The van der Waals surface area contributed by atoms with Crippen molar-refractivity contribution in [3.63, 3.8) is 0 Å². The molecule has 1 atom stereocenters. The number of anilines is 2. The first-order chi connectivity index (χ1) is 16.1. The van der Waals surface area contributed by atoms with Gasteiger partial charge in [-0.3, -0.25) is 9.59 Å². The first kappa shape index (κ1) is 22.4. The highest BCUT2D eigenvalue weighted by Gasteiger charge is 2.29. The zero-order chi connectivity index (χ0) is 23.0. The van der Waals surface area contributed by atoms with Crippen LogP contribution in [0.1, 0.15) is 18.5 Å². The molecule has 0 saturated carbocycles. The summed E-state index contributed by atoms with van der Waals surface area (Å²) in [5, 5.41) is 9.63. The maximum absolute atomic E-state index is 13.2. The van der Waals surface area contributed by atoms with E-state index in [1.54, 1.807) is 0 Å². The van der Waals surface area contributed by atoms with Crippen molar-refractivity contribution < 1.29 is 9.59 Å². The van der Waals surface area contributed by atoms with Crippen LogP contribution in [0.5, 0.6) is 0 Å². The van der Waals surface area contributed by atoms with Gasteiger partial charge in [-0.15, -0.1) is 0 Å². The molecule has 166 valence electrons. The van der Waals surface area contributed by atoms with Gasteiger partial charge in [-0.25, -0.2) is 4.99 Å². The molecule has 33 heavy (non-hydrogen) atoms. The molecule has 0 aliphatic carbocycles. The van der Waals surface area contributed by atoms with Crippen molar-refractivity contribution >= 4 is 40.1 Å². The molecule has 0 spiro atoms. The fourth-order valence-electron chi connectivity index (χ4n) is 3.46. The average molecular weight is 457 g/mol. The Kier molecular flexibility index (Phi) is 7.22. The Hall–Kier alpha value is -3.84. The van der Waals surface area contributed by atoms with E-state index < -0.39 is 6.04 Å². The lowest BCUT2D eigenvalue weighted by atomic mass is 9.96. The number of thioether (sulfide) groups is 1. The zero-order valence-corrected chi connectivity index (χ0v) is 18.9. The predicted molar refractivity (Wildman–Crippen MR) is 135 cm³/mol. The SMILES string of the molecule is CC1=C(C(=O)Nc2ccccc2)[C@@H](c2ccccc2)N=C(SCC(=O)Nc2ccccc2)N1. The first-order valence-electron chi connectivity index (χ1n) is 10.5. The summed E-state index contributed by atoms with van der Waals surface area (Å²) in [4.78, 5) is 30.4. The first-order valence-corrected chi connectivity index (χ1v) is 11.5. The number of amidine groups is 1. The van der Waals surface area contributed by atoms with Crippen LogP contribution < -0.4 is 16.0 Å². The summed E-state index contributed by atoms with van der Waals surface area (Å²) >= 11 is 1.31. The summed E-state index contributed by atoms with van der Waals surface area (Å²) in [6.07, 6.45) is 0. The Morgan fingerprint density at radius 3 is 2.00 bits per heavy atom. The van der Waals surface area contributed by atoms with Gasteiger partial charge in [0.05, 0.1) is 11.3 Å². The van der Waals surface area contributed by atoms with Gasteiger partial charge >= 0.3 is 0 Å². The van der Waals surface area contributed by atoms with E-state index in [1.807, 2.05) is 97.9 Å². The Bertz CT molecular complexity index is 1180. The van der Waals surface area contributed by atoms with Gasteiger partial charge in [0, 0.05) is 17.1 Å². The number of allylic oxidation sites excluding steroid dienone is 1. The minimum Gasteiger partial charge on any atom is -0.338 e. The molecule has 6 nitrogen and oxygen atoms in total. The van der Waals surface area contributed by atoms with E-state index in [1.165, 1.54) is 11.8 Å². The molecular formula is C26H24N4O2S. The number of aliphatic imine (C=N–C) groups is 1. The predicted octanol–water partition coefficient (Wildman–Crippen LogP) is 4.97. The highest BCUT2D eigenvalue weighted by Crippen LogP contribution is 2.32. The van der Waals surface area contributed by atoms with Gasteiger partial charge in [0.2, 0.25) is 5.91 Å². The molecule has 3 aromatic carbocycles. The lowest BCUT2D eigenvalue weighted by molar-refractivity contribution is -0.114. The summed E-state index contributed by atoms with van der Waals surface area (Å²) in [6.45, 7) is 1.86. The standard InChI is InChI=1S/C26H24N4O2S/c1-18-23(25(32)29-21-15-9-4-10-16-21)24(19-11-5-2-6-12-19)30-26(27-18)33-17-22(31)28-20-13-7-3-8-14-20/h2-16,24H,17H2,1H3,(H,27,30)(H,28,31)(H,29,32)/t24-/m1/s1. The van der Waals surface area contributed by atoms with Crippen LogP contribution in [-0.4, -0.2) is 22.7 Å². The van der Waals surface area contributed by atoms with Crippen LogP contribution in [0.15, 0.2) is 107 Å². The summed E-state index contributed by atoms with van der Waals surface area (Å²) in [7, 11) is 0. The molecule has 1 aliphatic rings. The molecule has 4 rings (SSSR count). The molecule has 0 aromatic heterocycles. The van der Waals surface area contributed by atoms with Gasteiger partial charge in [-0.1, -0.05) is 78.5 Å². The maximum atomic E-state index is 13.2. The van der Waals surface area contributed by atoms with Crippen molar-refractivity contribution in [3.8, 4) is 0 Å². The summed E-state index contributed by atoms with van der Waals surface area (Å²) in [5.41, 5.74) is 3.63. The second kappa shape index (κ2) is 10.7. The number of carbonyl (C=O) groups is 2. The number of nitrogens with one attached hydrogen (secondary N) is 3. The monoisotopic (exact) mass is 456 g/mol. The Balaban J connectivity index is 1.51. The molecule has 3 aromatic rings. The molecule has 0 unspecified atom stereocenters. The highest BCUT2D eigenvalue weighted by molar-refractivity contribution is 8.14. The van der Waals surface area contributed by atoms with Crippen LogP contribution in [-0.2, 0) is 9.59 Å². The summed E-state index contributed by atoms with van der Waals surface area (Å²) in [5.74, 6) is -0.142. The van der Waals surface area contributed by atoms with Crippen molar-refractivity contribution in [1.29, 1.82) is 0 Å². The van der Waals surface area contributed by atoms with Crippen LogP contribution in [0, 0.1) is 0 Å². The highest BCUT2D eigenvalue weighted by atomic mass is 32.2. The number of hydrogen-bond donors (Lipinski definition) is 3. The number of benzene rings is 3. The van der Waals surface area contributed by atoms with Crippen molar-refractivity contribution in [1.82, 2.24) is 5.32 Å². The van der Waals surface area contributed by atoms with Gasteiger partial charge in [-0.2, -0.15) is 0 Å². The number of nitrogens with zero attached hydrogens (tertiary/aromatic N) is 1. The second-order valence-electron chi connectivity index (χ2n) is 7.43. The van der Waals surface area contributed by atoms with Crippen molar-refractivity contribution in [2.24, 2.45) is 4.99 Å². The molecular weight excluding hydrogens is 432 g/mol. The molecule has 7 heteroatoms. The third kappa shape index (κ3) is 5.90. The molecule has 0 radical (unpaired) electrons. The number of hydrogen-bond acceptors (Lipinski definition) is 5. The van der Waals surface area contributed by atoms with E-state index in [4.69, 9.17) is 4.99 Å². The third-order valence-electron chi connectivity index (χ3n) is 5.01. The molecule has 1 aliphatic heterocycles. The van der Waals surface area contributed by atoms with Crippen LogP contribution in [0.4, 0.5) is 11.4 Å². The fourth-order valence-corrected chi connectivity index (χ4v) is 4.21. The van der Waals surface area contributed by atoms with Gasteiger partial charge < -0.3 is 16.0 Å². The van der Waals surface area contributed by atoms with E-state index in [0.717, 1.165) is 16.9 Å². The van der Waals surface area contributed by atoms with E-state index in [-0.39, 0.29) is 17.6 Å². The van der Waals surface area contributed by atoms with Crippen LogP contribution >= 0.6 is 11.8 Å². The molecule has 2 amide bonds. The van der Waals surface area contributed by atoms with Gasteiger partial charge in [0.1, 0.15) is 6.04 Å². The van der Waals surface area contributed by atoms with Crippen LogP contribution in [0.2, 0.25) is 0 Å². The Morgan fingerprint density at radius 1 is 0.848 bits per heavy atom. The van der Waals surface area contributed by atoms with E-state index in [9.17, 15) is 9.59 Å². The van der Waals surface area contributed by atoms with Gasteiger partial charge in [0.25, 0.3) is 5.91 Å². The summed E-state index contributed by atoms with van der Waals surface area (Å²) < 4.78 is 0. The number of rotatable bonds is 6. The molecule has 0 bridgehead atoms. The van der Waals surface area contributed by atoms with Crippen molar-refractivity contribution in [2.45, 2.75) is 13.0 Å². The fraction of sp³-hybridized carbons (Fsp3) is 0.115. The molecule has 1 heterocycles. The third-order valence-corrected chi connectivity index (χ3v) is 5.89. The van der Waals surface area contributed by atoms with E-state index in [2.05, 4.69) is 16.0 Å². The van der Waals surface area contributed by atoms with E-state index >= 15 is 0 Å². The quantitative estimate of drug-likeness (QED) is 0.489. The lowest BCUT2D eigenvalue weighted by Gasteiger charge is -2.26. The molecule has 0 fully saturated rings. The second-order valence-corrected chi connectivity index (χ2v) is 8.40. The van der Waals surface area contributed by atoms with E-state index in [0.29, 0.717) is 16.4 Å². The topological polar surface area (TPSA) is 82.6 Å². The van der Waals surface area contributed by atoms with Crippen LogP contribution in [0.3, 0.4) is 0 Å². The van der Waals surface area contributed by atoms with Crippen LogP contribution in [0.25, 0.3) is 0 Å². The summed E-state index contributed by atoms with van der Waals surface area (Å²) in [6, 6.07) is 27.9. The Labute approximate surface area is 197 Å². The Morgan fingerprint density at radius 2 is 1.39 bits per heavy atom. The molecule has 3 N–H and O–H groups in total. The average Bonchev–Trinajstić information content (AvgIpc) is 2.84. The lowest BCUT2D eigenvalue weighted by Crippen LogP contribution is -2.32. The number of amides is 2. The smallest absolute Gasteiger partial charge is 0.255 e. The normalized spacial score (nSPS) is 15.3. The van der Waals surface area contributed by atoms with Gasteiger partial charge in [-0.05, 0) is 36.8 Å². The minimum atomic E-state index is -0.476. The number of para-hydroxylation sites is 2. The van der Waals surface area contributed by atoms with Crippen molar-refractivity contribution in [2.75, 3.05) is 16.4 Å². The van der Waals surface area contributed by atoms with Crippen molar-refractivity contribution in [3.05, 3.63) is 108 Å².